The number of hydrogen-bond acceptors (Lipinski definition) is 6. The lowest BCUT2D eigenvalue weighted by Crippen LogP contribution is -2.43. The third-order valence-corrected chi connectivity index (χ3v) is 4.70. The third kappa shape index (κ3) is 4.66. The van der Waals surface area contributed by atoms with Crippen LogP contribution in [-0.4, -0.2) is 59.9 Å². The Labute approximate surface area is 157 Å². The summed E-state index contributed by atoms with van der Waals surface area (Å²) in [5.74, 6) is -2.15. The number of aryl methyl sites for hydroxylation is 1. The lowest BCUT2D eigenvalue weighted by molar-refractivity contribution is -0.137. The Morgan fingerprint density at radius 3 is 2.30 bits per heavy atom. The molecule has 0 spiro atoms. The minimum Gasteiger partial charge on any atom is -0.462 e. The van der Waals surface area contributed by atoms with Gasteiger partial charge in [-0.2, -0.15) is 0 Å². The number of carbonyl (C=O) groups excluding carboxylic acids is 4. The van der Waals surface area contributed by atoms with Crippen LogP contribution in [0.4, 0.5) is 0 Å². The average Bonchev–Trinajstić information content (AvgIpc) is 2.94. The van der Waals surface area contributed by atoms with Crippen molar-refractivity contribution in [2.24, 2.45) is 11.7 Å². The predicted octanol–water partition coefficient (Wildman–Crippen LogP) is 0.689. The van der Waals surface area contributed by atoms with E-state index in [-0.39, 0.29) is 30.0 Å². The van der Waals surface area contributed by atoms with Gasteiger partial charge in [0.05, 0.1) is 12.2 Å². The molecular weight excluding hydrogens is 354 g/mol. The topological polar surface area (TPSA) is 132 Å². The highest BCUT2D eigenvalue weighted by atomic mass is 16.5. The van der Waals surface area contributed by atoms with E-state index < -0.39 is 18.5 Å². The van der Waals surface area contributed by atoms with Gasteiger partial charge in [0.15, 0.2) is 6.61 Å². The number of rotatable bonds is 6. The van der Waals surface area contributed by atoms with Gasteiger partial charge in [0, 0.05) is 24.7 Å². The molecule has 0 bridgehead atoms. The van der Waals surface area contributed by atoms with Crippen LogP contribution in [0.15, 0.2) is 0 Å². The monoisotopic (exact) mass is 379 g/mol. The Hall–Kier alpha value is -2.84. The number of likely N-dealkylation sites (tertiary alicyclic amines) is 1. The highest BCUT2D eigenvalue weighted by Gasteiger charge is 2.28. The Kier molecular flexibility index (Phi) is 6.59. The summed E-state index contributed by atoms with van der Waals surface area (Å²) >= 11 is 0. The maximum absolute atomic E-state index is 12.3. The maximum Gasteiger partial charge on any atom is 0.355 e. The molecule has 1 fully saturated rings. The van der Waals surface area contributed by atoms with Crippen molar-refractivity contribution in [2.45, 2.75) is 33.6 Å². The number of nitrogens with one attached hydrogen (secondary N) is 1. The number of nitrogens with two attached hydrogens (primary N) is 1. The van der Waals surface area contributed by atoms with Crippen LogP contribution in [0, 0.1) is 19.8 Å². The summed E-state index contributed by atoms with van der Waals surface area (Å²) in [6.45, 7) is 5.58. The van der Waals surface area contributed by atoms with E-state index in [4.69, 9.17) is 15.2 Å². The highest BCUT2D eigenvalue weighted by molar-refractivity contribution is 5.99. The lowest BCUT2D eigenvalue weighted by atomic mass is 9.96. The molecule has 2 rings (SSSR count). The zero-order valence-electron chi connectivity index (χ0n) is 15.8. The van der Waals surface area contributed by atoms with Crippen LogP contribution in [0.3, 0.4) is 0 Å². The van der Waals surface area contributed by atoms with Gasteiger partial charge < -0.3 is 25.1 Å². The molecule has 148 valence electrons. The van der Waals surface area contributed by atoms with Gasteiger partial charge >= 0.3 is 11.9 Å². The number of primary amides is 1. The molecule has 0 saturated carbocycles. The van der Waals surface area contributed by atoms with Crippen LogP contribution in [0.5, 0.6) is 0 Å². The summed E-state index contributed by atoms with van der Waals surface area (Å²) < 4.78 is 10.1. The molecule has 0 aliphatic carbocycles. The summed E-state index contributed by atoms with van der Waals surface area (Å²) in [5, 5.41) is 0. The Bertz CT molecular complexity index is 747. The van der Waals surface area contributed by atoms with Crippen LogP contribution >= 0.6 is 0 Å². The van der Waals surface area contributed by atoms with E-state index in [0.717, 1.165) is 0 Å². The van der Waals surface area contributed by atoms with Crippen molar-refractivity contribution in [1.29, 1.82) is 0 Å². The molecule has 1 aromatic rings. The minimum atomic E-state index is -0.716. The van der Waals surface area contributed by atoms with Gasteiger partial charge in [0.1, 0.15) is 5.69 Å². The summed E-state index contributed by atoms with van der Waals surface area (Å²) in [6, 6.07) is 0. The standard InChI is InChI=1S/C18H25N3O6/c1-4-26-17(24)14-10(2)15(20-11(14)3)18(25)27-9-13(22)21-7-5-12(6-8-21)16(19)23/h12,20H,4-9H2,1-3H3,(H2,19,23). The molecule has 1 aliphatic rings. The zero-order chi connectivity index (χ0) is 20.1. The molecule has 0 radical (unpaired) electrons. The fourth-order valence-corrected chi connectivity index (χ4v) is 3.17. The van der Waals surface area contributed by atoms with Crippen molar-refractivity contribution in [1.82, 2.24) is 9.88 Å². The number of aromatic nitrogens is 1. The van der Waals surface area contributed by atoms with E-state index >= 15 is 0 Å². The molecule has 9 heteroatoms. The normalized spacial score (nSPS) is 14.7. The first-order chi connectivity index (χ1) is 12.8. The first kappa shape index (κ1) is 20.5. The Balaban J connectivity index is 1.94. The quantitative estimate of drug-likeness (QED) is 0.699. The van der Waals surface area contributed by atoms with Crippen LogP contribution in [-0.2, 0) is 19.1 Å². The van der Waals surface area contributed by atoms with E-state index in [2.05, 4.69) is 4.98 Å². The number of piperidine rings is 1. The van der Waals surface area contributed by atoms with Gasteiger partial charge in [0.25, 0.3) is 5.91 Å². The van der Waals surface area contributed by atoms with E-state index in [0.29, 0.717) is 42.8 Å². The number of carbonyl (C=O) groups is 4. The molecule has 0 atom stereocenters. The second-order valence-corrected chi connectivity index (χ2v) is 6.48. The fourth-order valence-electron chi connectivity index (χ4n) is 3.17. The number of hydrogen-bond donors (Lipinski definition) is 2. The summed E-state index contributed by atoms with van der Waals surface area (Å²) in [4.78, 5) is 52.0. The van der Waals surface area contributed by atoms with E-state index in [1.54, 1.807) is 25.7 Å². The van der Waals surface area contributed by atoms with Crippen molar-refractivity contribution >= 4 is 23.8 Å². The van der Waals surface area contributed by atoms with Crippen molar-refractivity contribution in [2.75, 3.05) is 26.3 Å². The molecule has 0 unspecified atom stereocenters. The largest absolute Gasteiger partial charge is 0.462 e. The average molecular weight is 379 g/mol. The summed E-state index contributed by atoms with van der Waals surface area (Å²) in [6.07, 6.45) is 1.01. The molecule has 1 aliphatic heterocycles. The van der Waals surface area contributed by atoms with Crippen LogP contribution in [0.25, 0.3) is 0 Å². The van der Waals surface area contributed by atoms with Crippen LogP contribution < -0.4 is 5.73 Å². The highest BCUT2D eigenvalue weighted by Crippen LogP contribution is 2.20. The van der Waals surface area contributed by atoms with Crippen molar-refractivity contribution in [3.05, 3.63) is 22.5 Å². The van der Waals surface area contributed by atoms with E-state index in [1.807, 2.05) is 0 Å². The number of ether oxygens (including phenoxy) is 2. The van der Waals surface area contributed by atoms with Gasteiger partial charge in [-0.15, -0.1) is 0 Å². The molecule has 1 aromatic heterocycles. The number of esters is 2. The summed E-state index contributed by atoms with van der Waals surface area (Å²) in [7, 11) is 0. The van der Waals surface area contributed by atoms with Crippen LogP contribution in [0.2, 0.25) is 0 Å². The zero-order valence-corrected chi connectivity index (χ0v) is 15.8. The lowest BCUT2D eigenvalue weighted by Gasteiger charge is -2.30. The molecule has 1 saturated heterocycles. The van der Waals surface area contributed by atoms with Crippen molar-refractivity contribution in [3.63, 3.8) is 0 Å². The maximum atomic E-state index is 12.3. The van der Waals surface area contributed by atoms with Gasteiger partial charge in [-0.3, -0.25) is 9.59 Å². The van der Waals surface area contributed by atoms with Gasteiger partial charge in [0.2, 0.25) is 5.91 Å². The predicted molar refractivity (Wildman–Crippen MR) is 95.0 cm³/mol. The Morgan fingerprint density at radius 2 is 1.74 bits per heavy atom. The molecule has 27 heavy (non-hydrogen) atoms. The number of H-pyrrole nitrogens is 1. The van der Waals surface area contributed by atoms with Crippen molar-refractivity contribution < 1.29 is 28.7 Å². The second kappa shape index (κ2) is 8.70. The van der Waals surface area contributed by atoms with Gasteiger partial charge in [-0.05, 0) is 39.2 Å². The first-order valence-corrected chi connectivity index (χ1v) is 8.86. The minimum absolute atomic E-state index is 0.121. The van der Waals surface area contributed by atoms with Crippen molar-refractivity contribution in [3.8, 4) is 0 Å². The SMILES string of the molecule is CCOC(=O)c1c(C)[nH]c(C(=O)OCC(=O)N2CCC(C(N)=O)CC2)c1C. The Morgan fingerprint density at radius 1 is 1.11 bits per heavy atom. The first-order valence-electron chi connectivity index (χ1n) is 8.86. The fraction of sp³-hybridized carbons (Fsp3) is 0.556. The molecule has 2 heterocycles. The van der Waals surface area contributed by atoms with Gasteiger partial charge in [-0.25, -0.2) is 9.59 Å². The second-order valence-electron chi connectivity index (χ2n) is 6.48. The third-order valence-electron chi connectivity index (χ3n) is 4.70. The molecule has 0 aromatic carbocycles. The molecule has 3 N–H and O–H groups in total. The smallest absolute Gasteiger partial charge is 0.355 e. The molecule has 2 amide bonds. The number of amides is 2. The van der Waals surface area contributed by atoms with E-state index in [1.165, 1.54) is 0 Å². The summed E-state index contributed by atoms with van der Waals surface area (Å²) in [5.41, 5.74) is 6.61. The molecule has 9 nitrogen and oxygen atoms in total. The van der Waals surface area contributed by atoms with E-state index in [9.17, 15) is 19.2 Å². The number of aromatic amines is 1. The van der Waals surface area contributed by atoms with Crippen LogP contribution in [0.1, 0.15) is 51.9 Å². The molecular formula is C18H25N3O6. The van der Waals surface area contributed by atoms with Gasteiger partial charge in [-0.1, -0.05) is 0 Å². The number of nitrogens with zero attached hydrogens (tertiary/aromatic N) is 1.